The number of hydrogen-bond acceptors (Lipinski definition) is 5. The van der Waals surface area contributed by atoms with Gasteiger partial charge in [-0.3, -0.25) is 14.4 Å². The molecule has 7 nitrogen and oxygen atoms in total. The van der Waals surface area contributed by atoms with Crippen LogP contribution in [0.1, 0.15) is 28.8 Å². The van der Waals surface area contributed by atoms with E-state index in [-0.39, 0.29) is 11.3 Å². The van der Waals surface area contributed by atoms with Crippen molar-refractivity contribution in [1.29, 1.82) is 0 Å². The Morgan fingerprint density at radius 3 is 2.85 bits per heavy atom. The molecule has 1 atom stereocenters. The second-order valence-corrected chi connectivity index (χ2v) is 8.01. The maximum atomic E-state index is 12.9. The average Bonchev–Trinajstić information content (AvgIpc) is 3.39. The minimum Gasteiger partial charge on any atom is -0.472 e. The van der Waals surface area contributed by atoms with Crippen molar-refractivity contribution in [1.82, 2.24) is 19.6 Å². The van der Waals surface area contributed by atoms with E-state index in [1.54, 1.807) is 30.4 Å². The van der Waals surface area contributed by atoms with Crippen molar-refractivity contribution >= 4 is 5.91 Å². The summed E-state index contributed by atoms with van der Waals surface area (Å²) in [5.41, 5.74) is 2.04. The summed E-state index contributed by atoms with van der Waals surface area (Å²) < 4.78 is 12.4. The number of hydrogen-bond donors (Lipinski definition) is 0. The first kappa shape index (κ1) is 18.3. The van der Waals surface area contributed by atoms with Gasteiger partial charge < -0.3 is 14.1 Å². The second-order valence-electron chi connectivity index (χ2n) is 8.01. The fourth-order valence-corrected chi connectivity index (χ4v) is 4.70. The van der Waals surface area contributed by atoms with Crippen LogP contribution in [0.2, 0.25) is 0 Å². The van der Waals surface area contributed by atoms with Crippen LogP contribution in [-0.4, -0.2) is 65.4 Å². The minimum absolute atomic E-state index is 0.0851. The first-order chi connectivity index (χ1) is 13.1. The van der Waals surface area contributed by atoms with Gasteiger partial charge in [-0.15, -0.1) is 0 Å². The fourth-order valence-electron chi connectivity index (χ4n) is 4.70. The van der Waals surface area contributed by atoms with Crippen LogP contribution in [0.15, 0.2) is 35.4 Å². The van der Waals surface area contributed by atoms with Gasteiger partial charge in [-0.25, -0.2) is 0 Å². The minimum atomic E-state index is 0.0851. The van der Waals surface area contributed by atoms with E-state index in [0.717, 1.165) is 45.6 Å². The first-order valence-electron chi connectivity index (χ1n) is 9.60. The lowest BCUT2D eigenvalue weighted by atomic mass is 9.71. The lowest BCUT2D eigenvalue weighted by Gasteiger charge is -2.42. The number of rotatable bonds is 5. The Hall–Kier alpha value is -2.12. The normalized spacial score (nSPS) is 22.6. The van der Waals surface area contributed by atoms with E-state index in [1.165, 1.54) is 5.56 Å². The predicted molar refractivity (Wildman–Crippen MR) is 100 cm³/mol. The number of piperidine rings is 1. The summed E-state index contributed by atoms with van der Waals surface area (Å²) in [4.78, 5) is 17.4. The summed E-state index contributed by atoms with van der Waals surface area (Å²) in [5, 5.41) is 4.14. The molecule has 1 amide bonds. The average molecular weight is 372 g/mol. The van der Waals surface area contributed by atoms with Gasteiger partial charge in [0.05, 0.1) is 30.9 Å². The SMILES string of the molecule is COCC1CN(C(=O)c2cnn(C)c2)CC12CCN(Cc1ccoc1)CC2. The molecule has 1 unspecified atom stereocenters. The smallest absolute Gasteiger partial charge is 0.257 e. The van der Waals surface area contributed by atoms with Crippen LogP contribution < -0.4 is 0 Å². The van der Waals surface area contributed by atoms with E-state index < -0.39 is 0 Å². The zero-order chi connectivity index (χ0) is 18.9. The van der Waals surface area contributed by atoms with Gasteiger partial charge in [0.25, 0.3) is 5.91 Å². The molecule has 2 saturated heterocycles. The number of aryl methyl sites for hydroxylation is 1. The molecule has 2 fully saturated rings. The van der Waals surface area contributed by atoms with Gasteiger partial charge in [0.15, 0.2) is 0 Å². The summed E-state index contributed by atoms with van der Waals surface area (Å²) in [7, 11) is 3.60. The van der Waals surface area contributed by atoms with Crippen LogP contribution in [0.5, 0.6) is 0 Å². The molecule has 0 radical (unpaired) electrons. The van der Waals surface area contributed by atoms with E-state index in [2.05, 4.69) is 10.00 Å². The lowest BCUT2D eigenvalue weighted by molar-refractivity contribution is 0.0348. The number of methoxy groups -OCH3 is 1. The van der Waals surface area contributed by atoms with Crippen molar-refractivity contribution in [2.24, 2.45) is 18.4 Å². The highest BCUT2D eigenvalue weighted by molar-refractivity contribution is 5.94. The van der Waals surface area contributed by atoms with E-state index in [0.29, 0.717) is 18.1 Å². The van der Waals surface area contributed by atoms with Crippen molar-refractivity contribution < 1.29 is 13.9 Å². The zero-order valence-corrected chi connectivity index (χ0v) is 16.1. The van der Waals surface area contributed by atoms with Crippen LogP contribution in [0.3, 0.4) is 0 Å². The van der Waals surface area contributed by atoms with Gasteiger partial charge in [-0.2, -0.15) is 5.10 Å². The number of carbonyl (C=O) groups is 1. The molecule has 27 heavy (non-hydrogen) atoms. The lowest BCUT2D eigenvalue weighted by Crippen LogP contribution is -2.45. The van der Waals surface area contributed by atoms with Crippen LogP contribution in [0.25, 0.3) is 0 Å². The number of likely N-dealkylation sites (tertiary alicyclic amines) is 2. The van der Waals surface area contributed by atoms with Crippen molar-refractivity contribution in [3.05, 3.63) is 42.1 Å². The third-order valence-electron chi connectivity index (χ3n) is 6.26. The Morgan fingerprint density at radius 1 is 1.41 bits per heavy atom. The molecule has 2 aromatic rings. The molecule has 2 aliphatic rings. The number of ether oxygens (including phenoxy) is 1. The van der Waals surface area contributed by atoms with Gasteiger partial charge >= 0.3 is 0 Å². The number of furan rings is 1. The molecule has 7 heteroatoms. The van der Waals surface area contributed by atoms with Crippen molar-refractivity contribution in [2.45, 2.75) is 19.4 Å². The molecular weight excluding hydrogens is 344 g/mol. The van der Waals surface area contributed by atoms with Crippen LogP contribution in [0, 0.1) is 11.3 Å². The Balaban J connectivity index is 1.43. The van der Waals surface area contributed by atoms with Crippen molar-refractivity contribution in [2.75, 3.05) is 39.9 Å². The fraction of sp³-hybridized carbons (Fsp3) is 0.600. The molecule has 2 aromatic heterocycles. The van der Waals surface area contributed by atoms with Crippen LogP contribution >= 0.6 is 0 Å². The molecule has 0 aliphatic carbocycles. The van der Waals surface area contributed by atoms with Gasteiger partial charge in [-0.05, 0) is 37.4 Å². The molecule has 4 rings (SSSR count). The van der Waals surface area contributed by atoms with Gasteiger partial charge in [-0.1, -0.05) is 0 Å². The number of aromatic nitrogens is 2. The van der Waals surface area contributed by atoms with Gasteiger partial charge in [0.2, 0.25) is 0 Å². The van der Waals surface area contributed by atoms with Crippen LogP contribution in [-0.2, 0) is 18.3 Å². The Kier molecular flexibility index (Phi) is 5.06. The molecule has 146 valence electrons. The molecule has 2 aliphatic heterocycles. The summed E-state index contributed by atoms with van der Waals surface area (Å²) in [6, 6.07) is 2.03. The van der Waals surface area contributed by atoms with Crippen LogP contribution in [0.4, 0.5) is 0 Å². The Labute approximate surface area is 159 Å². The maximum absolute atomic E-state index is 12.9. The van der Waals surface area contributed by atoms with Crippen molar-refractivity contribution in [3.8, 4) is 0 Å². The largest absolute Gasteiger partial charge is 0.472 e. The molecular formula is C20H28N4O3. The van der Waals surface area contributed by atoms with E-state index >= 15 is 0 Å². The molecule has 0 N–H and O–H groups in total. The number of nitrogens with zero attached hydrogens (tertiary/aromatic N) is 4. The monoisotopic (exact) mass is 372 g/mol. The van der Waals surface area contributed by atoms with E-state index in [1.807, 2.05) is 24.3 Å². The summed E-state index contributed by atoms with van der Waals surface area (Å²) in [5.74, 6) is 0.473. The van der Waals surface area contributed by atoms with E-state index in [9.17, 15) is 4.79 Å². The molecule has 0 aromatic carbocycles. The maximum Gasteiger partial charge on any atom is 0.257 e. The second kappa shape index (κ2) is 7.48. The third kappa shape index (κ3) is 3.66. The highest BCUT2D eigenvalue weighted by Gasteiger charge is 2.49. The first-order valence-corrected chi connectivity index (χ1v) is 9.60. The highest BCUT2D eigenvalue weighted by Crippen LogP contribution is 2.45. The molecule has 4 heterocycles. The zero-order valence-electron chi connectivity index (χ0n) is 16.1. The Bertz CT molecular complexity index is 762. The molecule has 1 spiro atoms. The van der Waals surface area contributed by atoms with Gasteiger partial charge in [0.1, 0.15) is 0 Å². The molecule has 0 saturated carbocycles. The van der Waals surface area contributed by atoms with Crippen molar-refractivity contribution in [3.63, 3.8) is 0 Å². The predicted octanol–water partition coefficient (Wildman–Crippen LogP) is 2.01. The number of carbonyl (C=O) groups excluding carboxylic acids is 1. The highest BCUT2D eigenvalue weighted by atomic mass is 16.5. The molecule has 0 bridgehead atoms. The van der Waals surface area contributed by atoms with Gasteiger partial charge in [0, 0.05) is 51.5 Å². The van der Waals surface area contributed by atoms with E-state index in [4.69, 9.17) is 9.15 Å². The number of amides is 1. The third-order valence-corrected chi connectivity index (χ3v) is 6.26. The summed E-state index contributed by atoms with van der Waals surface area (Å²) in [6.07, 6.45) is 9.19. The quantitative estimate of drug-likeness (QED) is 0.803. The summed E-state index contributed by atoms with van der Waals surface area (Å²) >= 11 is 0. The standard InChI is InChI=1S/C20H28N4O3/c1-22-11-17(9-21-22)19(25)24-12-18(14-26-2)20(15-24)4-6-23(7-5-20)10-16-3-8-27-13-16/h3,8-9,11,13,18H,4-7,10,12,14-15H2,1-2H3. The summed E-state index contributed by atoms with van der Waals surface area (Å²) in [6.45, 7) is 5.30. The topological polar surface area (TPSA) is 63.7 Å². The Morgan fingerprint density at radius 2 is 2.22 bits per heavy atom.